The summed E-state index contributed by atoms with van der Waals surface area (Å²) in [6.07, 6.45) is 0.519. The number of amides is 1. The summed E-state index contributed by atoms with van der Waals surface area (Å²) in [5.74, 6) is -0.0969. The quantitative estimate of drug-likeness (QED) is 0.700. The van der Waals surface area contributed by atoms with Crippen LogP contribution in [0.15, 0.2) is 42.5 Å². The van der Waals surface area contributed by atoms with Gasteiger partial charge in [-0.1, -0.05) is 23.7 Å². The molecule has 0 bridgehead atoms. The van der Waals surface area contributed by atoms with Gasteiger partial charge in [-0.15, -0.1) is 0 Å². The van der Waals surface area contributed by atoms with Crippen LogP contribution in [0, 0.1) is 13.8 Å². The van der Waals surface area contributed by atoms with E-state index in [9.17, 15) is 9.90 Å². The Morgan fingerprint density at radius 2 is 1.70 bits per heavy atom. The smallest absolute Gasteiger partial charge is 0.254 e. The lowest BCUT2D eigenvalue weighted by molar-refractivity contribution is 0.0732. The fourth-order valence-corrected chi connectivity index (χ4v) is 3.00. The first-order valence-electron chi connectivity index (χ1n) is 8.87. The summed E-state index contributed by atoms with van der Waals surface area (Å²) < 4.78 is 0. The number of hydrogen-bond acceptors (Lipinski definition) is 4. The Labute approximate surface area is 163 Å². The van der Waals surface area contributed by atoms with Crippen molar-refractivity contribution in [3.63, 3.8) is 0 Å². The molecule has 27 heavy (non-hydrogen) atoms. The maximum atomic E-state index is 13.1. The van der Waals surface area contributed by atoms with Crippen molar-refractivity contribution in [2.24, 2.45) is 0 Å². The van der Waals surface area contributed by atoms with Gasteiger partial charge in [-0.2, -0.15) is 0 Å². The van der Waals surface area contributed by atoms with Crippen LogP contribution in [0.25, 0.3) is 11.0 Å². The number of carbonyl (C=O) groups is 1. The summed E-state index contributed by atoms with van der Waals surface area (Å²) in [7, 11) is 0. The molecule has 0 atom stereocenters. The van der Waals surface area contributed by atoms with Gasteiger partial charge >= 0.3 is 0 Å². The van der Waals surface area contributed by atoms with E-state index in [0.29, 0.717) is 35.6 Å². The monoisotopic (exact) mass is 383 g/mol. The van der Waals surface area contributed by atoms with Crippen molar-refractivity contribution in [2.45, 2.75) is 26.8 Å². The van der Waals surface area contributed by atoms with E-state index >= 15 is 0 Å². The second-order valence-corrected chi connectivity index (χ2v) is 6.96. The molecule has 0 aliphatic rings. The number of aromatic nitrogens is 2. The first kappa shape index (κ1) is 19.3. The lowest BCUT2D eigenvalue weighted by Gasteiger charge is -2.23. The van der Waals surface area contributed by atoms with E-state index < -0.39 is 0 Å². The van der Waals surface area contributed by atoms with Gasteiger partial charge in [-0.3, -0.25) is 4.79 Å². The molecule has 0 saturated carbocycles. The highest BCUT2D eigenvalue weighted by atomic mass is 35.5. The van der Waals surface area contributed by atoms with Crippen LogP contribution in [-0.2, 0) is 6.54 Å². The molecule has 0 aliphatic carbocycles. The van der Waals surface area contributed by atoms with Crippen LogP contribution in [-0.4, -0.2) is 39.0 Å². The van der Waals surface area contributed by atoms with E-state index in [1.807, 2.05) is 44.2 Å². The number of benzene rings is 2. The third-order valence-electron chi connectivity index (χ3n) is 4.48. The Morgan fingerprint density at radius 3 is 2.37 bits per heavy atom. The molecule has 0 unspecified atom stereocenters. The summed E-state index contributed by atoms with van der Waals surface area (Å²) in [6, 6.07) is 12.8. The number of nitrogens with zero attached hydrogens (tertiary/aromatic N) is 3. The first-order chi connectivity index (χ1) is 13.0. The van der Waals surface area contributed by atoms with E-state index in [1.54, 1.807) is 17.0 Å². The van der Waals surface area contributed by atoms with E-state index in [-0.39, 0.29) is 12.5 Å². The molecule has 2 aromatic carbocycles. The van der Waals surface area contributed by atoms with Crippen LogP contribution in [0.4, 0.5) is 0 Å². The van der Waals surface area contributed by atoms with Crippen molar-refractivity contribution in [2.75, 3.05) is 13.2 Å². The van der Waals surface area contributed by atoms with E-state index in [1.165, 1.54) is 0 Å². The van der Waals surface area contributed by atoms with Gasteiger partial charge in [0.15, 0.2) is 0 Å². The van der Waals surface area contributed by atoms with Crippen molar-refractivity contribution in [1.29, 1.82) is 0 Å². The normalized spacial score (nSPS) is 11.0. The molecule has 3 rings (SSSR count). The van der Waals surface area contributed by atoms with Crippen LogP contribution < -0.4 is 0 Å². The summed E-state index contributed by atoms with van der Waals surface area (Å²) in [5, 5.41) is 9.85. The molecule has 0 spiro atoms. The standard InChI is InChI=1S/C21H22ClN3O2/c1-14-15(2)24-20-12-17(6-9-19(20)23-14)21(27)25(10-3-11-26)13-16-4-7-18(22)8-5-16/h4-9,12,26H,3,10-11,13H2,1-2H3. The predicted octanol–water partition coefficient (Wildman–Crippen LogP) is 3.92. The molecule has 6 heteroatoms. The highest BCUT2D eigenvalue weighted by Crippen LogP contribution is 2.18. The fraction of sp³-hybridized carbons (Fsp3) is 0.286. The lowest BCUT2D eigenvalue weighted by Crippen LogP contribution is -2.32. The average molecular weight is 384 g/mol. The van der Waals surface area contributed by atoms with Crippen LogP contribution >= 0.6 is 11.6 Å². The number of carbonyl (C=O) groups excluding carboxylic acids is 1. The van der Waals surface area contributed by atoms with Gasteiger partial charge in [0.05, 0.1) is 22.4 Å². The summed E-state index contributed by atoms with van der Waals surface area (Å²) >= 11 is 5.94. The van der Waals surface area contributed by atoms with Crippen molar-refractivity contribution in [3.8, 4) is 0 Å². The molecule has 1 heterocycles. The minimum Gasteiger partial charge on any atom is -0.396 e. The molecule has 1 aromatic heterocycles. The molecule has 0 fully saturated rings. The Balaban J connectivity index is 1.89. The number of fused-ring (bicyclic) bond motifs is 1. The topological polar surface area (TPSA) is 66.3 Å². The number of aliphatic hydroxyl groups is 1. The third-order valence-corrected chi connectivity index (χ3v) is 4.73. The summed E-state index contributed by atoms with van der Waals surface area (Å²) in [5.41, 5.74) is 4.76. The molecule has 3 aromatic rings. The number of hydrogen-bond donors (Lipinski definition) is 1. The average Bonchev–Trinajstić information content (AvgIpc) is 2.66. The van der Waals surface area contributed by atoms with Crippen LogP contribution in [0.3, 0.4) is 0 Å². The van der Waals surface area contributed by atoms with Crippen LogP contribution in [0.1, 0.15) is 33.7 Å². The van der Waals surface area contributed by atoms with E-state index in [0.717, 1.165) is 22.5 Å². The molecule has 0 saturated heterocycles. The molecule has 1 N–H and O–H groups in total. The zero-order valence-electron chi connectivity index (χ0n) is 15.4. The second-order valence-electron chi connectivity index (χ2n) is 6.53. The summed E-state index contributed by atoms with van der Waals surface area (Å²) in [6.45, 7) is 4.78. The Bertz CT molecular complexity index is 958. The minimum absolute atomic E-state index is 0.0338. The van der Waals surface area contributed by atoms with Crippen LogP contribution in [0.5, 0.6) is 0 Å². The van der Waals surface area contributed by atoms with Gasteiger partial charge in [-0.05, 0) is 56.2 Å². The highest BCUT2D eigenvalue weighted by Gasteiger charge is 2.17. The van der Waals surface area contributed by atoms with E-state index in [2.05, 4.69) is 9.97 Å². The Morgan fingerprint density at radius 1 is 1.04 bits per heavy atom. The number of halogens is 1. The van der Waals surface area contributed by atoms with Gasteiger partial charge in [-0.25, -0.2) is 9.97 Å². The number of aliphatic hydroxyl groups excluding tert-OH is 1. The fourth-order valence-electron chi connectivity index (χ4n) is 2.87. The van der Waals surface area contributed by atoms with Gasteiger partial charge in [0.1, 0.15) is 0 Å². The van der Waals surface area contributed by atoms with Gasteiger partial charge in [0, 0.05) is 30.3 Å². The highest BCUT2D eigenvalue weighted by molar-refractivity contribution is 6.30. The molecule has 1 amide bonds. The number of aryl methyl sites for hydroxylation is 2. The maximum absolute atomic E-state index is 13.1. The molecular weight excluding hydrogens is 362 g/mol. The van der Waals surface area contributed by atoms with Crippen molar-refractivity contribution in [3.05, 3.63) is 70.0 Å². The Kier molecular flexibility index (Phi) is 6.04. The first-order valence-corrected chi connectivity index (χ1v) is 9.25. The SMILES string of the molecule is Cc1nc2ccc(C(=O)N(CCCO)Cc3ccc(Cl)cc3)cc2nc1C. The van der Waals surface area contributed by atoms with Gasteiger partial charge < -0.3 is 10.0 Å². The van der Waals surface area contributed by atoms with Gasteiger partial charge in [0.2, 0.25) is 0 Å². The zero-order chi connectivity index (χ0) is 19.4. The van der Waals surface area contributed by atoms with E-state index in [4.69, 9.17) is 11.6 Å². The summed E-state index contributed by atoms with van der Waals surface area (Å²) in [4.78, 5) is 23.9. The zero-order valence-corrected chi connectivity index (χ0v) is 16.2. The lowest BCUT2D eigenvalue weighted by atomic mass is 10.1. The molecule has 0 radical (unpaired) electrons. The molecule has 5 nitrogen and oxygen atoms in total. The molecule has 140 valence electrons. The maximum Gasteiger partial charge on any atom is 0.254 e. The second kappa shape index (κ2) is 8.46. The largest absolute Gasteiger partial charge is 0.396 e. The van der Waals surface area contributed by atoms with Crippen LogP contribution in [0.2, 0.25) is 5.02 Å². The third kappa shape index (κ3) is 4.62. The number of rotatable bonds is 6. The molecule has 0 aliphatic heterocycles. The predicted molar refractivity (Wildman–Crippen MR) is 107 cm³/mol. The molecular formula is C21H22ClN3O2. The minimum atomic E-state index is -0.0969. The van der Waals surface area contributed by atoms with Crippen molar-refractivity contribution in [1.82, 2.24) is 14.9 Å². The van der Waals surface area contributed by atoms with Crippen molar-refractivity contribution >= 4 is 28.5 Å². The van der Waals surface area contributed by atoms with Crippen molar-refractivity contribution < 1.29 is 9.90 Å². The Hall–Kier alpha value is -2.50. The van der Waals surface area contributed by atoms with Gasteiger partial charge in [0.25, 0.3) is 5.91 Å².